The summed E-state index contributed by atoms with van der Waals surface area (Å²) in [6.45, 7) is 3.24. The molecule has 1 aromatic heterocycles. The molecule has 0 saturated heterocycles. The average molecular weight is 327 g/mol. The van der Waals surface area contributed by atoms with E-state index in [0.29, 0.717) is 28.8 Å². The smallest absolute Gasteiger partial charge is 0.319 e. The first-order valence-electron chi connectivity index (χ1n) is 6.51. The van der Waals surface area contributed by atoms with Crippen LogP contribution in [0.4, 0.5) is 10.5 Å². The minimum Gasteiger partial charge on any atom is -0.338 e. The predicted molar refractivity (Wildman–Crippen MR) is 84.9 cm³/mol. The summed E-state index contributed by atoms with van der Waals surface area (Å²) in [5.41, 5.74) is 0.659. The van der Waals surface area contributed by atoms with E-state index < -0.39 is 0 Å². The molecular weight excluding hydrogens is 311 g/mol. The zero-order valence-electron chi connectivity index (χ0n) is 11.5. The number of urea groups is 1. The summed E-state index contributed by atoms with van der Waals surface area (Å²) < 4.78 is 1.75. The fraction of sp³-hybridized carbons (Fsp3) is 0.286. The van der Waals surface area contributed by atoms with Crippen LogP contribution in [0.15, 0.2) is 36.7 Å². The van der Waals surface area contributed by atoms with Gasteiger partial charge in [0.2, 0.25) is 0 Å². The van der Waals surface area contributed by atoms with Crippen molar-refractivity contribution in [3.63, 3.8) is 0 Å². The van der Waals surface area contributed by atoms with Crippen molar-refractivity contribution in [1.29, 1.82) is 0 Å². The molecule has 112 valence electrons. The summed E-state index contributed by atoms with van der Waals surface area (Å²) in [5.74, 6) is 0.228. The Hall–Kier alpha value is -1.72. The van der Waals surface area contributed by atoms with Gasteiger partial charge in [-0.2, -0.15) is 5.10 Å². The van der Waals surface area contributed by atoms with Crippen LogP contribution in [-0.2, 0) is 6.54 Å². The molecule has 0 radical (unpaired) electrons. The molecule has 2 rings (SSSR count). The number of carbonyl (C=O) groups excluding carboxylic acids is 1. The van der Waals surface area contributed by atoms with E-state index in [2.05, 4.69) is 15.7 Å². The molecule has 0 fully saturated rings. The largest absolute Gasteiger partial charge is 0.338 e. The number of carbonyl (C=O) groups is 1. The second kappa shape index (κ2) is 7.33. The molecule has 0 aliphatic carbocycles. The highest BCUT2D eigenvalue weighted by molar-refractivity contribution is 6.31. The van der Waals surface area contributed by atoms with Crippen molar-refractivity contribution in [3.05, 3.63) is 46.7 Å². The van der Waals surface area contributed by atoms with Crippen LogP contribution in [0.2, 0.25) is 10.0 Å². The van der Waals surface area contributed by atoms with Gasteiger partial charge in [0, 0.05) is 30.0 Å². The third-order valence-electron chi connectivity index (χ3n) is 2.79. The molecule has 2 N–H and O–H groups in total. The van der Waals surface area contributed by atoms with Crippen LogP contribution in [0.3, 0.4) is 0 Å². The first-order chi connectivity index (χ1) is 10.0. The molecular formula is C14H16Cl2N4O. The van der Waals surface area contributed by atoms with E-state index in [1.807, 2.05) is 6.92 Å². The van der Waals surface area contributed by atoms with Gasteiger partial charge in [-0.3, -0.25) is 4.68 Å². The van der Waals surface area contributed by atoms with Gasteiger partial charge in [0.15, 0.2) is 0 Å². The second-order valence-corrected chi connectivity index (χ2v) is 5.70. The molecule has 0 aliphatic heterocycles. The van der Waals surface area contributed by atoms with Crippen molar-refractivity contribution in [2.45, 2.75) is 13.5 Å². The van der Waals surface area contributed by atoms with Crippen LogP contribution in [0.25, 0.3) is 0 Å². The van der Waals surface area contributed by atoms with E-state index in [-0.39, 0.29) is 11.9 Å². The highest BCUT2D eigenvalue weighted by atomic mass is 35.5. The molecule has 0 spiro atoms. The fourth-order valence-corrected chi connectivity index (χ4v) is 2.18. The number of nitrogens with zero attached hydrogens (tertiary/aromatic N) is 2. The van der Waals surface area contributed by atoms with E-state index in [1.54, 1.807) is 41.3 Å². The van der Waals surface area contributed by atoms with Gasteiger partial charge in [-0.15, -0.1) is 0 Å². The Labute approximate surface area is 133 Å². The van der Waals surface area contributed by atoms with Gasteiger partial charge in [0.1, 0.15) is 0 Å². The Bertz CT molecular complexity index is 615. The Kier molecular flexibility index (Phi) is 5.47. The number of hydrogen-bond donors (Lipinski definition) is 2. The minimum absolute atomic E-state index is 0.228. The zero-order chi connectivity index (χ0) is 15.2. The van der Waals surface area contributed by atoms with E-state index >= 15 is 0 Å². The molecule has 2 aromatic rings. The van der Waals surface area contributed by atoms with E-state index in [4.69, 9.17) is 23.2 Å². The number of nitrogens with one attached hydrogen (secondary N) is 2. The van der Waals surface area contributed by atoms with Crippen LogP contribution in [-0.4, -0.2) is 22.4 Å². The molecule has 21 heavy (non-hydrogen) atoms. The lowest BCUT2D eigenvalue weighted by Crippen LogP contribution is -2.33. The van der Waals surface area contributed by atoms with Gasteiger partial charge in [0.05, 0.1) is 11.2 Å². The second-order valence-electron chi connectivity index (χ2n) is 4.83. The molecule has 0 aliphatic rings. The summed E-state index contributed by atoms with van der Waals surface area (Å²) in [4.78, 5) is 11.8. The molecule has 1 aromatic carbocycles. The molecule has 0 bridgehead atoms. The van der Waals surface area contributed by atoms with Gasteiger partial charge in [0.25, 0.3) is 0 Å². The number of anilines is 1. The normalized spacial score (nSPS) is 12.0. The van der Waals surface area contributed by atoms with Crippen LogP contribution in [0.1, 0.15) is 6.92 Å². The topological polar surface area (TPSA) is 59.0 Å². The van der Waals surface area contributed by atoms with Crippen LogP contribution < -0.4 is 10.6 Å². The van der Waals surface area contributed by atoms with Gasteiger partial charge < -0.3 is 10.6 Å². The summed E-state index contributed by atoms with van der Waals surface area (Å²) in [6.07, 6.45) is 3.34. The molecule has 1 atom stereocenters. The highest BCUT2D eigenvalue weighted by Crippen LogP contribution is 2.14. The lowest BCUT2D eigenvalue weighted by Gasteiger charge is -2.13. The SMILES string of the molecule is C[C@@H](CNC(=O)Nc1cccc(Cl)c1)Cn1cc(Cl)cn1. The first kappa shape index (κ1) is 15.7. The lowest BCUT2D eigenvalue weighted by molar-refractivity contribution is 0.249. The van der Waals surface area contributed by atoms with Crippen molar-refractivity contribution in [1.82, 2.24) is 15.1 Å². The molecule has 7 heteroatoms. The van der Waals surface area contributed by atoms with E-state index in [1.165, 1.54) is 0 Å². The minimum atomic E-state index is -0.261. The van der Waals surface area contributed by atoms with Crippen molar-refractivity contribution in [2.24, 2.45) is 5.92 Å². The molecule has 0 saturated carbocycles. The van der Waals surface area contributed by atoms with Crippen molar-refractivity contribution in [2.75, 3.05) is 11.9 Å². The van der Waals surface area contributed by atoms with Crippen molar-refractivity contribution in [3.8, 4) is 0 Å². The summed E-state index contributed by atoms with van der Waals surface area (Å²) in [7, 11) is 0. The van der Waals surface area contributed by atoms with Gasteiger partial charge in [-0.25, -0.2) is 4.79 Å². The maximum atomic E-state index is 11.8. The first-order valence-corrected chi connectivity index (χ1v) is 7.27. The van der Waals surface area contributed by atoms with Gasteiger partial charge in [-0.1, -0.05) is 36.2 Å². The predicted octanol–water partition coefficient (Wildman–Crippen LogP) is 3.65. The van der Waals surface area contributed by atoms with Crippen LogP contribution >= 0.6 is 23.2 Å². The third-order valence-corrected chi connectivity index (χ3v) is 3.22. The lowest BCUT2D eigenvalue weighted by atomic mass is 10.2. The number of hydrogen-bond acceptors (Lipinski definition) is 2. The molecule has 5 nitrogen and oxygen atoms in total. The van der Waals surface area contributed by atoms with Gasteiger partial charge >= 0.3 is 6.03 Å². The van der Waals surface area contributed by atoms with Gasteiger partial charge in [-0.05, 0) is 24.1 Å². The number of benzene rings is 1. The summed E-state index contributed by atoms with van der Waals surface area (Å²) in [6, 6.07) is 6.74. The quantitative estimate of drug-likeness (QED) is 0.881. The standard InChI is InChI=1S/C14H16Cl2N4O/c1-10(8-20-9-12(16)7-18-20)6-17-14(21)19-13-4-2-3-11(15)5-13/h2-5,7,9-10H,6,8H2,1H3,(H2,17,19,21)/t10-/m0/s1. The number of halogens is 2. The highest BCUT2D eigenvalue weighted by Gasteiger charge is 2.07. The summed E-state index contributed by atoms with van der Waals surface area (Å²) in [5, 5.41) is 10.8. The van der Waals surface area contributed by atoms with Crippen LogP contribution in [0, 0.1) is 5.92 Å². The average Bonchev–Trinajstić information content (AvgIpc) is 2.82. The Balaban J connectivity index is 1.75. The Morgan fingerprint density at radius 2 is 2.19 bits per heavy atom. The van der Waals surface area contributed by atoms with E-state index in [9.17, 15) is 4.79 Å². The third kappa shape index (κ3) is 5.28. The molecule has 1 heterocycles. The summed E-state index contributed by atoms with van der Waals surface area (Å²) >= 11 is 11.7. The number of amides is 2. The monoisotopic (exact) mass is 326 g/mol. The maximum absolute atomic E-state index is 11.8. The molecule has 0 unspecified atom stereocenters. The van der Waals surface area contributed by atoms with Crippen molar-refractivity contribution < 1.29 is 4.79 Å². The van der Waals surface area contributed by atoms with Crippen LogP contribution in [0.5, 0.6) is 0 Å². The fourth-order valence-electron chi connectivity index (χ4n) is 1.83. The molecule has 2 amide bonds. The zero-order valence-corrected chi connectivity index (χ0v) is 13.0. The van der Waals surface area contributed by atoms with Crippen molar-refractivity contribution >= 4 is 34.9 Å². The number of aromatic nitrogens is 2. The Morgan fingerprint density at radius 1 is 1.38 bits per heavy atom. The van der Waals surface area contributed by atoms with E-state index in [0.717, 1.165) is 0 Å². The Morgan fingerprint density at radius 3 is 2.86 bits per heavy atom. The number of rotatable bonds is 5. The maximum Gasteiger partial charge on any atom is 0.319 e.